The number of rotatable bonds is 3. The fourth-order valence-corrected chi connectivity index (χ4v) is 4.85. The van der Waals surface area contributed by atoms with Crippen molar-refractivity contribution in [2.45, 2.75) is 49.9 Å². The van der Waals surface area contributed by atoms with Gasteiger partial charge >= 0.3 is 6.18 Å². The highest BCUT2D eigenvalue weighted by Crippen LogP contribution is 2.40. The number of aryl methyl sites for hydroxylation is 1. The average molecular weight is 451 g/mol. The molecule has 5 nitrogen and oxygen atoms in total. The number of hydrogen-bond acceptors (Lipinski definition) is 4. The second-order valence-corrected chi connectivity index (χ2v) is 8.48. The van der Waals surface area contributed by atoms with E-state index in [2.05, 4.69) is 25.2 Å². The Kier molecular flexibility index (Phi) is 5.07. The number of H-pyrrole nitrogens is 1. The lowest BCUT2D eigenvalue weighted by molar-refractivity contribution is -0.140. The Morgan fingerprint density at radius 2 is 1.84 bits per heavy atom. The number of nitrogens with zero attached hydrogens (tertiary/aromatic N) is 3. The van der Waals surface area contributed by atoms with Crippen LogP contribution in [0.4, 0.5) is 27.8 Å². The zero-order chi connectivity index (χ0) is 22.5. The molecule has 170 valence electrons. The molecule has 0 spiro atoms. The van der Waals surface area contributed by atoms with Crippen LogP contribution in [0.3, 0.4) is 0 Å². The molecule has 0 bridgehead atoms. The van der Waals surface area contributed by atoms with Crippen LogP contribution in [0.5, 0.6) is 0 Å². The highest BCUT2D eigenvalue weighted by atomic mass is 19.4. The Morgan fingerprint density at radius 1 is 1.09 bits per heavy atom. The van der Waals surface area contributed by atoms with Gasteiger partial charge in [0.25, 0.3) is 5.92 Å². The molecule has 2 N–H and O–H groups in total. The fourth-order valence-electron chi connectivity index (χ4n) is 4.85. The lowest BCUT2D eigenvalue weighted by Crippen LogP contribution is -2.50. The Bertz CT molecular complexity index is 1120. The molecule has 1 aliphatic heterocycles. The van der Waals surface area contributed by atoms with Gasteiger partial charge in [-0.25, -0.2) is 18.7 Å². The van der Waals surface area contributed by atoms with E-state index in [-0.39, 0.29) is 54.9 Å². The highest BCUT2D eigenvalue weighted by molar-refractivity contribution is 5.88. The van der Waals surface area contributed by atoms with Crippen molar-refractivity contribution in [1.82, 2.24) is 19.9 Å². The molecule has 0 radical (unpaired) electrons. The first-order valence-electron chi connectivity index (χ1n) is 10.6. The SMILES string of the molecule is FC1(F)CCN([C@H]2CCc3ccccc3[C@@H]2Nc2ncnc3[nH]c(C(F)(F)F)cc23)CC1. The van der Waals surface area contributed by atoms with Crippen molar-refractivity contribution < 1.29 is 22.0 Å². The Labute approximate surface area is 181 Å². The number of benzene rings is 1. The van der Waals surface area contributed by atoms with E-state index in [1.165, 1.54) is 6.33 Å². The first kappa shape index (κ1) is 21.1. The summed E-state index contributed by atoms with van der Waals surface area (Å²) in [5.41, 5.74) is 1.35. The number of alkyl halides is 5. The molecular formula is C22H22F5N5. The zero-order valence-electron chi connectivity index (χ0n) is 17.1. The van der Waals surface area contributed by atoms with E-state index < -0.39 is 17.8 Å². The lowest BCUT2D eigenvalue weighted by atomic mass is 9.82. The summed E-state index contributed by atoms with van der Waals surface area (Å²) in [4.78, 5) is 12.5. The van der Waals surface area contributed by atoms with Crippen molar-refractivity contribution in [2.75, 3.05) is 18.4 Å². The third kappa shape index (κ3) is 3.92. The molecule has 0 saturated carbocycles. The van der Waals surface area contributed by atoms with Crippen molar-refractivity contribution in [2.24, 2.45) is 0 Å². The summed E-state index contributed by atoms with van der Waals surface area (Å²) in [6, 6.07) is 8.49. The summed E-state index contributed by atoms with van der Waals surface area (Å²) in [6.45, 7) is 0.555. The Morgan fingerprint density at radius 3 is 2.59 bits per heavy atom. The van der Waals surface area contributed by atoms with Crippen molar-refractivity contribution in [1.29, 1.82) is 0 Å². The van der Waals surface area contributed by atoms with E-state index in [1.807, 2.05) is 24.3 Å². The number of anilines is 1. The molecular weight excluding hydrogens is 429 g/mol. The second kappa shape index (κ2) is 7.68. The molecule has 1 fully saturated rings. The minimum Gasteiger partial charge on any atom is -0.361 e. The molecule has 1 aliphatic carbocycles. The van der Waals surface area contributed by atoms with E-state index >= 15 is 0 Å². The normalized spacial score (nSPS) is 23.8. The number of halogens is 5. The van der Waals surface area contributed by atoms with Crippen LogP contribution < -0.4 is 5.32 Å². The summed E-state index contributed by atoms with van der Waals surface area (Å²) in [7, 11) is 0. The van der Waals surface area contributed by atoms with Gasteiger partial charge in [0.1, 0.15) is 23.5 Å². The number of nitrogens with one attached hydrogen (secondary N) is 2. The van der Waals surface area contributed by atoms with Crippen molar-refractivity contribution in [3.63, 3.8) is 0 Å². The standard InChI is InChI=1S/C22H22F5N5/c23-21(24)7-9-32(10-8-21)16-6-5-13-3-1-2-4-14(13)18(16)31-20-15-11-17(22(25,26)27)30-19(15)28-12-29-20/h1-4,11-12,16,18H,5-10H2,(H2,28,29,30,31)/t16-,18-/m0/s1. The predicted molar refractivity (Wildman–Crippen MR) is 110 cm³/mol. The van der Waals surface area contributed by atoms with Crippen molar-refractivity contribution in [3.05, 3.63) is 53.5 Å². The first-order chi connectivity index (χ1) is 15.2. The molecule has 1 saturated heterocycles. The Balaban J connectivity index is 1.51. The van der Waals surface area contributed by atoms with E-state index in [0.29, 0.717) is 0 Å². The molecule has 2 aromatic heterocycles. The fraction of sp³-hybridized carbons (Fsp3) is 0.455. The summed E-state index contributed by atoms with van der Waals surface area (Å²) in [5, 5.41) is 3.59. The van der Waals surface area contributed by atoms with Crippen LogP contribution in [-0.2, 0) is 12.6 Å². The number of aromatic nitrogens is 3. The van der Waals surface area contributed by atoms with E-state index in [9.17, 15) is 22.0 Å². The molecule has 1 aromatic carbocycles. The van der Waals surface area contributed by atoms with Gasteiger partial charge in [-0.3, -0.25) is 4.90 Å². The van der Waals surface area contributed by atoms with Crippen LogP contribution in [-0.4, -0.2) is 44.9 Å². The summed E-state index contributed by atoms with van der Waals surface area (Å²) in [6.07, 6.45) is -2.13. The lowest BCUT2D eigenvalue weighted by Gasteiger charge is -2.44. The van der Waals surface area contributed by atoms with E-state index in [4.69, 9.17) is 0 Å². The third-order valence-electron chi connectivity index (χ3n) is 6.51. The van der Waals surface area contributed by atoms with E-state index in [0.717, 1.165) is 30.0 Å². The van der Waals surface area contributed by atoms with Gasteiger partial charge in [0, 0.05) is 32.0 Å². The highest BCUT2D eigenvalue weighted by Gasteiger charge is 2.40. The van der Waals surface area contributed by atoms with Gasteiger partial charge in [-0.1, -0.05) is 24.3 Å². The van der Waals surface area contributed by atoms with Gasteiger partial charge in [0.15, 0.2) is 0 Å². The van der Waals surface area contributed by atoms with E-state index in [1.54, 1.807) is 0 Å². The Hall–Kier alpha value is -2.75. The number of fused-ring (bicyclic) bond motifs is 2. The summed E-state index contributed by atoms with van der Waals surface area (Å²) >= 11 is 0. The number of likely N-dealkylation sites (tertiary alicyclic amines) is 1. The zero-order valence-corrected chi connectivity index (χ0v) is 17.1. The van der Waals surface area contributed by atoms with Crippen LogP contribution in [0, 0.1) is 0 Å². The maximum atomic E-state index is 13.7. The van der Waals surface area contributed by atoms with Crippen molar-refractivity contribution in [3.8, 4) is 0 Å². The quantitative estimate of drug-likeness (QED) is 0.539. The maximum Gasteiger partial charge on any atom is 0.431 e. The summed E-state index contributed by atoms with van der Waals surface area (Å²) in [5.74, 6) is -2.36. The molecule has 5 rings (SSSR count). The molecule has 3 heterocycles. The first-order valence-corrected chi connectivity index (χ1v) is 10.6. The minimum absolute atomic E-state index is 0.0768. The van der Waals surface area contributed by atoms with Gasteiger partial charge in [-0.2, -0.15) is 13.2 Å². The van der Waals surface area contributed by atoms with Gasteiger partial charge in [-0.05, 0) is 30.0 Å². The molecule has 3 aromatic rings. The molecule has 2 aliphatic rings. The monoisotopic (exact) mass is 451 g/mol. The third-order valence-corrected chi connectivity index (χ3v) is 6.51. The number of aromatic amines is 1. The van der Waals surface area contributed by atoms with Gasteiger partial charge in [0.2, 0.25) is 0 Å². The van der Waals surface area contributed by atoms with Crippen LogP contribution in [0.15, 0.2) is 36.7 Å². The largest absolute Gasteiger partial charge is 0.431 e. The average Bonchev–Trinajstić information content (AvgIpc) is 3.20. The van der Waals surface area contributed by atoms with Crippen molar-refractivity contribution >= 4 is 16.9 Å². The maximum absolute atomic E-state index is 13.7. The van der Waals surface area contributed by atoms with Crippen LogP contribution in [0.2, 0.25) is 0 Å². The molecule has 0 unspecified atom stereocenters. The van der Waals surface area contributed by atoms with Crippen LogP contribution in [0.25, 0.3) is 11.0 Å². The van der Waals surface area contributed by atoms with Gasteiger partial charge in [0.05, 0.1) is 11.4 Å². The predicted octanol–water partition coefficient (Wildman–Crippen LogP) is 5.18. The number of piperidine rings is 1. The minimum atomic E-state index is -4.53. The molecule has 0 amide bonds. The van der Waals surface area contributed by atoms with Gasteiger partial charge in [-0.15, -0.1) is 0 Å². The topological polar surface area (TPSA) is 56.8 Å². The van der Waals surface area contributed by atoms with Crippen LogP contribution >= 0.6 is 0 Å². The van der Waals surface area contributed by atoms with Gasteiger partial charge < -0.3 is 10.3 Å². The number of hydrogen-bond donors (Lipinski definition) is 2. The molecule has 2 atom stereocenters. The van der Waals surface area contributed by atoms with Crippen LogP contribution in [0.1, 0.15) is 42.1 Å². The molecule has 10 heteroatoms. The second-order valence-electron chi connectivity index (χ2n) is 8.48. The summed E-state index contributed by atoms with van der Waals surface area (Å²) < 4.78 is 67.1. The molecule has 32 heavy (non-hydrogen) atoms. The smallest absolute Gasteiger partial charge is 0.361 e.